The second-order valence-electron chi connectivity index (χ2n) is 5.95. The Bertz CT molecular complexity index is 906. The molecule has 0 saturated heterocycles. The molecule has 0 unspecified atom stereocenters. The summed E-state index contributed by atoms with van der Waals surface area (Å²) in [7, 11) is -0.576. The maximum Gasteiger partial charge on any atom is 0.277 e. The Hall–Kier alpha value is -1.81. The number of hydrogen-bond donors (Lipinski definition) is 1. The molecule has 0 atom stereocenters. The zero-order valence-electron chi connectivity index (χ0n) is 14.1. The predicted molar refractivity (Wildman–Crippen MR) is 97.6 cm³/mol. The lowest BCUT2D eigenvalue weighted by Crippen LogP contribution is -2.29. The lowest BCUT2D eigenvalue weighted by Gasteiger charge is -2.18. The van der Waals surface area contributed by atoms with E-state index >= 15 is 0 Å². The molecule has 0 fully saturated rings. The van der Waals surface area contributed by atoms with Crippen LogP contribution < -0.4 is 10.6 Å². The number of nitrogens with two attached hydrogens (primary N) is 1. The summed E-state index contributed by atoms with van der Waals surface area (Å²) >= 11 is 1.41. The molecular formula is C16H20N4O3S2. The van der Waals surface area contributed by atoms with Crippen molar-refractivity contribution >= 4 is 33.0 Å². The highest BCUT2D eigenvalue weighted by atomic mass is 32.2. The van der Waals surface area contributed by atoms with E-state index in [-0.39, 0.29) is 10.8 Å². The maximum absolute atomic E-state index is 12.8. The molecule has 0 bridgehead atoms. The Morgan fingerprint density at radius 1 is 1.40 bits per heavy atom. The molecule has 7 nitrogen and oxygen atoms in total. The summed E-state index contributed by atoms with van der Waals surface area (Å²) in [5, 5.41) is 2.56. The van der Waals surface area contributed by atoms with Gasteiger partial charge in [-0.05, 0) is 30.7 Å². The molecule has 0 radical (unpaired) electrons. The van der Waals surface area contributed by atoms with Crippen molar-refractivity contribution in [2.24, 2.45) is 5.73 Å². The molecule has 1 aliphatic heterocycles. The molecule has 1 amide bonds. The van der Waals surface area contributed by atoms with Gasteiger partial charge >= 0.3 is 0 Å². The van der Waals surface area contributed by atoms with Crippen LogP contribution in [0.5, 0.6) is 0 Å². The molecule has 2 heterocycles. The van der Waals surface area contributed by atoms with Crippen LogP contribution >= 0.6 is 11.3 Å². The minimum atomic E-state index is -3.55. The largest absolute Gasteiger partial charge is 0.330 e. The number of hydrogen-bond acceptors (Lipinski definition) is 6. The number of amides is 1. The van der Waals surface area contributed by atoms with Gasteiger partial charge in [-0.15, -0.1) is 11.3 Å². The van der Waals surface area contributed by atoms with Crippen LogP contribution in [0.2, 0.25) is 0 Å². The van der Waals surface area contributed by atoms with Gasteiger partial charge in [0, 0.05) is 38.1 Å². The van der Waals surface area contributed by atoms with Crippen LogP contribution in [0.15, 0.2) is 28.5 Å². The molecule has 0 spiro atoms. The Morgan fingerprint density at radius 2 is 2.16 bits per heavy atom. The van der Waals surface area contributed by atoms with Crippen LogP contribution in [0.3, 0.4) is 0 Å². The van der Waals surface area contributed by atoms with Crippen molar-refractivity contribution in [3.8, 4) is 0 Å². The lowest BCUT2D eigenvalue weighted by molar-refractivity contribution is 0.0985. The van der Waals surface area contributed by atoms with E-state index in [9.17, 15) is 13.2 Å². The third-order valence-electron chi connectivity index (χ3n) is 4.11. The maximum atomic E-state index is 12.8. The van der Waals surface area contributed by atoms with Gasteiger partial charge in [-0.1, -0.05) is 6.07 Å². The quantitative estimate of drug-likeness (QED) is 0.838. The summed E-state index contributed by atoms with van der Waals surface area (Å²) in [5.74, 6) is -0.210. The van der Waals surface area contributed by atoms with Crippen LogP contribution in [0.25, 0.3) is 0 Å². The number of aromatic nitrogens is 1. The van der Waals surface area contributed by atoms with Crippen molar-refractivity contribution in [1.29, 1.82) is 0 Å². The van der Waals surface area contributed by atoms with Gasteiger partial charge in [0.25, 0.3) is 5.91 Å². The number of carbonyl (C=O) groups is 1. The third-order valence-corrected chi connectivity index (χ3v) is 6.82. The van der Waals surface area contributed by atoms with E-state index in [1.807, 2.05) is 0 Å². The average Bonchev–Trinajstić information content (AvgIpc) is 3.20. The normalized spacial score (nSPS) is 14.2. The van der Waals surface area contributed by atoms with Crippen LogP contribution in [-0.2, 0) is 22.9 Å². The van der Waals surface area contributed by atoms with Crippen LogP contribution in [0.1, 0.15) is 21.1 Å². The van der Waals surface area contributed by atoms with E-state index in [0.29, 0.717) is 37.3 Å². The van der Waals surface area contributed by atoms with Crippen molar-refractivity contribution in [2.45, 2.75) is 17.7 Å². The first-order chi connectivity index (χ1) is 11.8. The summed E-state index contributed by atoms with van der Waals surface area (Å²) < 4.78 is 25.9. The first-order valence-corrected chi connectivity index (χ1v) is 10.2. The fraction of sp³-hybridized carbons (Fsp3) is 0.375. The Morgan fingerprint density at radius 3 is 2.84 bits per heavy atom. The molecule has 25 heavy (non-hydrogen) atoms. The summed E-state index contributed by atoms with van der Waals surface area (Å²) in [5.41, 5.74) is 7.50. The second kappa shape index (κ2) is 6.83. The van der Waals surface area contributed by atoms with Crippen LogP contribution in [0.4, 0.5) is 5.69 Å². The van der Waals surface area contributed by atoms with Crippen molar-refractivity contribution in [3.05, 3.63) is 39.8 Å². The molecule has 1 aliphatic rings. The van der Waals surface area contributed by atoms with Crippen LogP contribution in [0, 0.1) is 0 Å². The number of anilines is 1. The van der Waals surface area contributed by atoms with E-state index in [4.69, 9.17) is 5.73 Å². The summed E-state index contributed by atoms with van der Waals surface area (Å²) in [6, 6.07) is 4.94. The zero-order chi connectivity index (χ0) is 18.2. The molecule has 1 aromatic heterocycles. The van der Waals surface area contributed by atoms with Crippen molar-refractivity contribution in [3.63, 3.8) is 0 Å². The molecule has 2 aromatic rings. The van der Waals surface area contributed by atoms with E-state index < -0.39 is 10.0 Å². The number of sulfonamides is 1. The van der Waals surface area contributed by atoms with Gasteiger partial charge in [0.2, 0.25) is 10.0 Å². The van der Waals surface area contributed by atoms with Gasteiger partial charge in [-0.25, -0.2) is 17.7 Å². The summed E-state index contributed by atoms with van der Waals surface area (Å²) in [6.45, 7) is 1.00. The molecule has 0 aliphatic carbocycles. The minimum absolute atomic E-state index is 0.179. The van der Waals surface area contributed by atoms with Gasteiger partial charge in [-0.3, -0.25) is 4.79 Å². The monoisotopic (exact) mass is 380 g/mol. The smallest absolute Gasteiger partial charge is 0.277 e. The number of carbonyl (C=O) groups excluding carboxylic acids is 1. The molecular weight excluding hydrogens is 360 g/mol. The fourth-order valence-electron chi connectivity index (χ4n) is 2.73. The number of thiazole rings is 1. The number of benzene rings is 1. The molecule has 1 aromatic carbocycles. The fourth-order valence-corrected chi connectivity index (χ4v) is 4.44. The topological polar surface area (TPSA) is 96.6 Å². The summed E-state index contributed by atoms with van der Waals surface area (Å²) in [6.07, 6.45) is 1.34. The van der Waals surface area contributed by atoms with E-state index in [1.54, 1.807) is 28.5 Å². The molecule has 3 rings (SSSR count). The van der Waals surface area contributed by atoms with Crippen molar-refractivity contribution in [2.75, 3.05) is 32.1 Å². The minimum Gasteiger partial charge on any atom is -0.330 e. The van der Waals surface area contributed by atoms with Gasteiger partial charge in [-0.2, -0.15) is 0 Å². The number of rotatable bonds is 5. The van der Waals surface area contributed by atoms with E-state index in [2.05, 4.69) is 4.98 Å². The first kappa shape index (κ1) is 18.0. The Balaban J connectivity index is 1.93. The Kier molecular flexibility index (Phi) is 4.92. The molecule has 134 valence electrons. The molecule has 2 N–H and O–H groups in total. The van der Waals surface area contributed by atoms with Crippen molar-refractivity contribution < 1.29 is 13.2 Å². The van der Waals surface area contributed by atoms with Crippen molar-refractivity contribution in [1.82, 2.24) is 9.29 Å². The van der Waals surface area contributed by atoms with Gasteiger partial charge in [0.1, 0.15) is 5.69 Å². The molecule has 0 saturated carbocycles. The van der Waals surface area contributed by atoms with Crippen LogP contribution in [-0.4, -0.2) is 50.8 Å². The highest BCUT2D eigenvalue weighted by Gasteiger charge is 2.29. The summed E-state index contributed by atoms with van der Waals surface area (Å²) in [4.78, 5) is 18.9. The standard InChI is InChI=1S/C16H20N4O3S2/c1-19(2)25(22,23)12-4-3-11-6-8-20(14(11)9-12)16(21)13-10-24-15(18-13)5-7-17/h3-4,9-10H,5-8,17H2,1-2H3. The van der Waals surface area contributed by atoms with Gasteiger partial charge < -0.3 is 10.6 Å². The number of nitrogens with zero attached hydrogens (tertiary/aromatic N) is 3. The SMILES string of the molecule is CN(C)S(=O)(=O)c1ccc2c(c1)N(C(=O)c1csc(CCN)n1)CC2. The van der Waals surface area contributed by atoms with Gasteiger partial charge in [0.15, 0.2) is 0 Å². The zero-order valence-corrected chi connectivity index (χ0v) is 15.7. The van der Waals surface area contributed by atoms with Gasteiger partial charge in [0.05, 0.1) is 9.90 Å². The number of fused-ring (bicyclic) bond motifs is 1. The highest BCUT2D eigenvalue weighted by molar-refractivity contribution is 7.89. The van der Waals surface area contributed by atoms with E-state index in [1.165, 1.54) is 25.4 Å². The second-order valence-corrected chi connectivity index (χ2v) is 9.04. The first-order valence-electron chi connectivity index (χ1n) is 7.86. The third kappa shape index (κ3) is 3.32. The lowest BCUT2D eigenvalue weighted by atomic mass is 10.2. The highest BCUT2D eigenvalue weighted by Crippen LogP contribution is 2.32. The molecule has 9 heteroatoms. The average molecular weight is 380 g/mol. The Labute approximate surface area is 151 Å². The predicted octanol–water partition coefficient (Wildman–Crippen LogP) is 1.10. The van der Waals surface area contributed by atoms with E-state index in [0.717, 1.165) is 14.9 Å².